The van der Waals surface area contributed by atoms with Gasteiger partial charge in [-0.15, -0.1) is 11.3 Å². The third-order valence-electron chi connectivity index (χ3n) is 6.29. The molecule has 1 unspecified atom stereocenters. The van der Waals surface area contributed by atoms with Crippen LogP contribution in [0.4, 0.5) is 16.2 Å². The number of nitrogens with zero attached hydrogens (tertiary/aromatic N) is 4. The van der Waals surface area contributed by atoms with Crippen LogP contribution in [0.2, 0.25) is 0 Å². The Bertz CT molecular complexity index is 1430. The van der Waals surface area contributed by atoms with Gasteiger partial charge in [0, 0.05) is 41.8 Å². The van der Waals surface area contributed by atoms with Crippen molar-refractivity contribution < 1.29 is 13.9 Å². The first kappa shape index (κ1) is 24.1. The lowest BCUT2D eigenvalue weighted by Gasteiger charge is -2.20. The number of nitrogens with two attached hydrogens (primary N) is 1. The van der Waals surface area contributed by atoms with Crippen LogP contribution in [0.5, 0.6) is 5.75 Å². The molecule has 4 heterocycles. The molecule has 9 nitrogen and oxygen atoms in total. The molecule has 4 N–H and O–H groups in total. The van der Waals surface area contributed by atoms with E-state index in [9.17, 15) is 9.18 Å². The molecule has 1 fully saturated rings. The molecule has 1 amide bonds. The van der Waals surface area contributed by atoms with Gasteiger partial charge in [0.1, 0.15) is 22.3 Å². The van der Waals surface area contributed by atoms with Crippen LogP contribution in [-0.4, -0.2) is 45.9 Å². The van der Waals surface area contributed by atoms with E-state index in [0.717, 1.165) is 37.4 Å². The first-order valence-corrected chi connectivity index (χ1v) is 12.7. The zero-order valence-corrected chi connectivity index (χ0v) is 21.2. The van der Waals surface area contributed by atoms with Crippen molar-refractivity contribution in [2.75, 3.05) is 25.5 Å². The van der Waals surface area contributed by atoms with E-state index >= 15 is 0 Å². The summed E-state index contributed by atoms with van der Waals surface area (Å²) < 4.78 is 21.9. The van der Waals surface area contributed by atoms with Gasteiger partial charge in [-0.05, 0) is 45.4 Å². The number of ether oxygens (including phenoxy) is 1. The molecular weight excluding hydrogens is 481 g/mol. The number of hydrogen-bond donors (Lipinski definition) is 3. The number of carbonyl (C=O) groups excluding carboxylic acids is 1. The van der Waals surface area contributed by atoms with Gasteiger partial charge < -0.3 is 21.1 Å². The first-order valence-electron chi connectivity index (χ1n) is 11.9. The summed E-state index contributed by atoms with van der Waals surface area (Å²) in [6.45, 7) is 6.09. The third kappa shape index (κ3) is 4.51. The highest BCUT2D eigenvalue weighted by Crippen LogP contribution is 2.42. The van der Waals surface area contributed by atoms with Crippen molar-refractivity contribution in [2.24, 2.45) is 5.73 Å². The predicted octanol–water partition coefficient (Wildman–Crippen LogP) is 4.59. The number of primary amides is 1. The van der Waals surface area contributed by atoms with E-state index in [2.05, 4.69) is 35.5 Å². The number of methoxy groups -OCH3 is 1. The Morgan fingerprint density at radius 1 is 1.36 bits per heavy atom. The highest BCUT2D eigenvalue weighted by atomic mass is 32.1. The largest absolute Gasteiger partial charge is 0.496 e. The predicted molar refractivity (Wildman–Crippen MR) is 139 cm³/mol. The number of rotatable bonds is 7. The molecule has 1 aromatic carbocycles. The maximum absolute atomic E-state index is 13.9. The quantitative estimate of drug-likeness (QED) is 0.333. The zero-order valence-electron chi connectivity index (χ0n) is 20.3. The van der Waals surface area contributed by atoms with Gasteiger partial charge in [0.2, 0.25) is 5.95 Å². The standard InChI is InChI=1S/C25H28FN7O2S/c1-13(2)33-20(10-17(32-33)14-5-4-8-28-11-14)30-25-29-12-19-22(31-25)21(23(36-19)24(27)34)16-7-6-15(26)9-18(16)35-3/h6-7,9-10,12-14,28H,4-5,8,11H2,1-3H3,(H2,27,34)(H,29,30,31). The summed E-state index contributed by atoms with van der Waals surface area (Å²) in [5, 5.41) is 11.6. The van der Waals surface area contributed by atoms with E-state index in [1.54, 1.807) is 12.3 Å². The first-order chi connectivity index (χ1) is 17.4. The van der Waals surface area contributed by atoms with Crippen molar-refractivity contribution in [3.8, 4) is 16.9 Å². The molecule has 3 aromatic heterocycles. The Kier molecular flexibility index (Phi) is 6.59. The SMILES string of the molecule is COc1cc(F)ccc1-c1c(C(N)=O)sc2cnc(Nc3cc(C4CCCNC4)nn3C(C)C)nc12. The fourth-order valence-electron chi connectivity index (χ4n) is 4.57. The monoisotopic (exact) mass is 509 g/mol. The van der Waals surface area contributed by atoms with Crippen molar-refractivity contribution in [3.63, 3.8) is 0 Å². The number of hydrogen-bond acceptors (Lipinski definition) is 8. The Morgan fingerprint density at radius 2 is 2.19 bits per heavy atom. The number of amides is 1. The molecular formula is C25H28FN7O2S. The molecule has 0 spiro atoms. The number of anilines is 2. The lowest BCUT2D eigenvalue weighted by molar-refractivity contribution is 0.100. The van der Waals surface area contributed by atoms with Crippen LogP contribution in [0.3, 0.4) is 0 Å². The maximum Gasteiger partial charge on any atom is 0.259 e. The number of piperidine rings is 1. The summed E-state index contributed by atoms with van der Waals surface area (Å²) in [5.74, 6) is 0.741. The molecule has 0 aliphatic carbocycles. The highest BCUT2D eigenvalue weighted by Gasteiger charge is 2.24. The molecule has 11 heteroatoms. The summed E-state index contributed by atoms with van der Waals surface area (Å²) in [6.07, 6.45) is 3.87. The average Bonchev–Trinajstić information content (AvgIpc) is 3.46. The molecule has 1 aliphatic rings. The molecule has 1 aliphatic heterocycles. The van der Waals surface area contributed by atoms with Crippen LogP contribution in [0, 0.1) is 5.82 Å². The number of carbonyl (C=O) groups is 1. The molecule has 1 saturated heterocycles. The van der Waals surface area contributed by atoms with Crippen molar-refractivity contribution in [1.82, 2.24) is 25.1 Å². The maximum atomic E-state index is 13.9. The van der Waals surface area contributed by atoms with Gasteiger partial charge in [-0.1, -0.05) is 0 Å². The third-order valence-corrected chi connectivity index (χ3v) is 7.41. The summed E-state index contributed by atoms with van der Waals surface area (Å²) in [5.41, 5.74) is 8.29. The second-order valence-corrected chi connectivity index (χ2v) is 10.1. The van der Waals surface area contributed by atoms with Gasteiger partial charge in [-0.25, -0.2) is 19.0 Å². The van der Waals surface area contributed by atoms with Gasteiger partial charge in [0.25, 0.3) is 5.91 Å². The van der Waals surface area contributed by atoms with Crippen molar-refractivity contribution >= 4 is 39.2 Å². The Labute approximate surface area is 211 Å². The Morgan fingerprint density at radius 3 is 2.89 bits per heavy atom. The van der Waals surface area contributed by atoms with Crippen molar-refractivity contribution in [2.45, 2.75) is 38.6 Å². The van der Waals surface area contributed by atoms with Crippen LogP contribution < -0.4 is 21.1 Å². The number of thiophene rings is 1. The van der Waals surface area contributed by atoms with E-state index in [-0.39, 0.29) is 11.8 Å². The average molecular weight is 510 g/mol. The summed E-state index contributed by atoms with van der Waals surface area (Å²) in [7, 11) is 1.45. The number of benzene rings is 1. The second kappa shape index (κ2) is 9.82. The minimum atomic E-state index is -0.600. The van der Waals surface area contributed by atoms with Crippen LogP contribution in [0.25, 0.3) is 21.3 Å². The van der Waals surface area contributed by atoms with Gasteiger partial charge in [0.15, 0.2) is 0 Å². The molecule has 4 aromatic rings. The highest BCUT2D eigenvalue weighted by molar-refractivity contribution is 7.21. The van der Waals surface area contributed by atoms with E-state index in [1.807, 2.05) is 4.68 Å². The van der Waals surface area contributed by atoms with Gasteiger partial charge in [-0.2, -0.15) is 5.10 Å². The van der Waals surface area contributed by atoms with Crippen LogP contribution in [0.1, 0.15) is 54.0 Å². The molecule has 0 bridgehead atoms. The van der Waals surface area contributed by atoms with E-state index in [4.69, 9.17) is 20.6 Å². The normalized spacial score (nSPS) is 16.0. The minimum absolute atomic E-state index is 0.128. The minimum Gasteiger partial charge on any atom is -0.496 e. The second-order valence-electron chi connectivity index (χ2n) is 9.08. The van der Waals surface area contributed by atoms with Crippen molar-refractivity contribution in [3.05, 3.63) is 46.9 Å². The number of nitrogens with one attached hydrogen (secondary N) is 2. The lowest BCUT2D eigenvalue weighted by Crippen LogP contribution is -2.28. The number of fused-ring (bicyclic) bond motifs is 1. The molecule has 188 valence electrons. The molecule has 0 saturated carbocycles. The topological polar surface area (TPSA) is 120 Å². The Hall–Kier alpha value is -3.57. The fraction of sp³-hybridized carbons (Fsp3) is 0.360. The summed E-state index contributed by atoms with van der Waals surface area (Å²) in [4.78, 5) is 21.9. The van der Waals surface area contributed by atoms with Crippen molar-refractivity contribution in [1.29, 1.82) is 0 Å². The lowest BCUT2D eigenvalue weighted by atomic mass is 9.96. The smallest absolute Gasteiger partial charge is 0.259 e. The summed E-state index contributed by atoms with van der Waals surface area (Å²) in [6, 6.07) is 6.33. The van der Waals surface area contributed by atoms with Crippen LogP contribution in [0.15, 0.2) is 30.5 Å². The number of halogens is 1. The van der Waals surface area contributed by atoms with E-state index < -0.39 is 11.7 Å². The van der Waals surface area contributed by atoms with Crippen LogP contribution in [-0.2, 0) is 0 Å². The molecule has 1 atom stereocenters. The zero-order chi connectivity index (χ0) is 25.4. The molecule has 5 rings (SSSR count). The molecule has 0 radical (unpaired) electrons. The van der Waals surface area contributed by atoms with Gasteiger partial charge in [-0.3, -0.25) is 4.79 Å². The molecule has 36 heavy (non-hydrogen) atoms. The van der Waals surface area contributed by atoms with E-state index in [0.29, 0.717) is 38.1 Å². The van der Waals surface area contributed by atoms with Gasteiger partial charge >= 0.3 is 0 Å². The van der Waals surface area contributed by atoms with E-state index in [1.165, 1.54) is 30.6 Å². The fourth-order valence-corrected chi connectivity index (χ4v) is 5.55. The Balaban J connectivity index is 1.58. The summed E-state index contributed by atoms with van der Waals surface area (Å²) >= 11 is 1.20. The van der Waals surface area contributed by atoms with Gasteiger partial charge in [0.05, 0.1) is 29.2 Å². The van der Waals surface area contributed by atoms with Crippen LogP contribution >= 0.6 is 11.3 Å². The number of aromatic nitrogens is 4.